The number of fused-ring (bicyclic) bond motifs is 10. The summed E-state index contributed by atoms with van der Waals surface area (Å²) in [5, 5.41) is 0. The minimum Gasteiger partial charge on any atom is -0.453 e. The molecule has 2 aliphatic heterocycles. The molecule has 0 bridgehead atoms. The van der Waals surface area contributed by atoms with E-state index in [0.29, 0.717) is 0 Å². The van der Waals surface area contributed by atoms with E-state index in [1.165, 1.54) is 76.9 Å². The summed E-state index contributed by atoms with van der Waals surface area (Å²) in [7, 11) is 0. The number of para-hydroxylation sites is 6. The van der Waals surface area contributed by atoms with Gasteiger partial charge in [0.15, 0.2) is 11.5 Å². The van der Waals surface area contributed by atoms with Crippen LogP contribution in [0.5, 0.6) is 11.5 Å². The molecule has 3 nitrogen and oxygen atoms in total. The number of benzene rings is 7. The molecule has 0 radical (unpaired) electrons. The molecule has 2 heterocycles. The molecule has 0 amide bonds. The normalized spacial score (nSPS) is 15.9. The zero-order chi connectivity index (χ0) is 35.8. The standard InChI is InChI=1S/C49H38N2OS/c1-29-24-31(51-41-16-8-12-20-45(41)53-46-21-13-9-17-42(46)51)26-38-47(29)34-28-36-33(27-37(34)49(38,4)5)32-23-22-30(25-35(32)48(36,2)3)50-39-14-6-10-18-43(39)52-44-19-11-7-15-40(44)50/h6-28H,1-5H3. The molecule has 0 fully saturated rings. The van der Waals surface area contributed by atoms with E-state index in [2.05, 4.69) is 172 Å². The SMILES string of the molecule is Cc1cc(N2c3ccccc3Sc3ccccc32)cc2c1-c1cc3c(cc1C2(C)C)-c1ccc(N2c4ccccc4Oc4ccccc42)cc1C3(C)C. The Hall–Kier alpha value is -5.71. The molecule has 53 heavy (non-hydrogen) atoms. The number of nitrogens with zero attached hydrogens (tertiary/aromatic N) is 2. The lowest BCUT2D eigenvalue weighted by atomic mass is 9.79. The second-order valence-corrected chi connectivity index (χ2v) is 16.9. The van der Waals surface area contributed by atoms with Crippen LogP contribution in [0.1, 0.15) is 55.5 Å². The van der Waals surface area contributed by atoms with Gasteiger partial charge in [0.2, 0.25) is 0 Å². The lowest BCUT2D eigenvalue weighted by Gasteiger charge is -2.34. The fourth-order valence-corrected chi connectivity index (χ4v) is 10.5. The van der Waals surface area contributed by atoms with Gasteiger partial charge < -0.3 is 14.5 Å². The first-order chi connectivity index (χ1) is 25.7. The number of hydrogen-bond acceptors (Lipinski definition) is 4. The lowest BCUT2D eigenvalue weighted by molar-refractivity contribution is 0.477. The maximum atomic E-state index is 6.34. The first-order valence-electron chi connectivity index (χ1n) is 18.5. The zero-order valence-electron chi connectivity index (χ0n) is 30.5. The summed E-state index contributed by atoms with van der Waals surface area (Å²) in [4.78, 5) is 7.39. The van der Waals surface area contributed by atoms with E-state index in [4.69, 9.17) is 4.74 Å². The molecule has 7 aromatic carbocycles. The van der Waals surface area contributed by atoms with Crippen LogP contribution in [-0.4, -0.2) is 0 Å². The van der Waals surface area contributed by atoms with Gasteiger partial charge >= 0.3 is 0 Å². The van der Waals surface area contributed by atoms with Gasteiger partial charge in [0.1, 0.15) is 0 Å². The molecule has 0 unspecified atom stereocenters. The Morgan fingerprint density at radius 3 is 1.60 bits per heavy atom. The van der Waals surface area contributed by atoms with E-state index in [-0.39, 0.29) is 10.8 Å². The van der Waals surface area contributed by atoms with Crippen LogP contribution in [0.25, 0.3) is 22.3 Å². The maximum absolute atomic E-state index is 6.34. The Balaban J connectivity index is 1.04. The smallest absolute Gasteiger partial charge is 0.151 e. The average molecular weight is 703 g/mol. The molecule has 11 rings (SSSR count). The van der Waals surface area contributed by atoms with Gasteiger partial charge in [-0.1, -0.05) is 94.1 Å². The van der Waals surface area contributed by atoms with E-state index in [1.807, 2.05) is 23.9 Å². The van der Waals surface area contributed by atoms with Gasteiger partial charge in [-0.2, -0.15) is 0 Å². The van der Waals surface area contributed by atoms with Crippen molar-refractivity contribution in [2.24, 2.45) is 0 Å². The number of anilines is 6. The summed E-state index contributed by atoms with van der Waals surface area (Å²) in [5.74, 6) is 1.75. The van der Waals surface area contributed by atoms with Crippen LogP contribution in [0, 0.1) is 6.92 Å². The largest absolute Gasteiger partial charge is 0.453 e. The number of hydrogen-bond donors (Lipinski definition) is 0. The van der Waals surface area contributed by atoms with Crippen molar-refractivity contribution >= 4 is 45.9 Å². The minimum absolute atomic E-state index is 0.169. The van der Waals surface area contributed by atoms with Crippen molar-refractivity contribution in [3.8, 4) is 33.8 Å². The molecule has 0 atom stereocenters. The highest BCUT2D eigenvalue weighted by Crippen LogP contribution is 2.60. The summed E-state index contributed by atoms with van der Waals surface area (Å²) in [5.41, 5.74) is 18.9. The van der Waals surface area contributed by atoms with Crippen LogP contribution in [0.2, 0.25) is 0 Å². The molecule has 0 aromatic heterocycles. The Morgan fingerprint density at radius 2 is 0.943 bits per heavy atom. The van der Waals surface area contributed by atoms with Crippen molar-refractivity contribution in [3.05, 3.63) is 167 Å². The van der Waals surface area contributed by atoms with E-state index in [0.717, 1.165) is 28.6 Å². The van der Waals surface area contributed by atoms with Gasteiger partial charge in [-0.25, -0.2) is 0 Å². The van der Waals surface area contributed by atoms with Crippen molar-refractivity contribution in [1.82, 2.24) is 0 Å². The van der Waals surface area contributed by atoms with Crippen LogP contribution < -0.4 is 14.5 Å². The Labute approximate surface area is 315 Å². The molecule has 4 heteroatoms. The van der Waals surface area contributed by atoms with E-state index < -0.39 is 0 Å². The Morgan fingerprint density at radius 1 is 0.453 bits per heavy atom. The Bertz CT molecular complexity index is 2630. The molecule has 0 saturated carbocycles. The molecular formula is C49H38N2OS. The van der Waals surface area contributed by atoms with Crippen molar-refractivity contribution in [1.29, 1.82) is 0 Å². The van der Waals surface area contributed by atoms with Gasteiger partial charge in [0.25, 0.3) is 0 Å². The van der Waals surface area contributed by atoms with Crippen LogP contribution in [0.3, 0.4) is 0 Å². The third kappa shape index (κ3) is 4.19. The predicted octanol–water partition coefficient (Wildman–Crippen LogP) is 14.1. The van der Waals surface area contributed by atoms with E-state index in [9.17, 15) is 0 Å². The molecule has 2 aliphatic carbocycles. The zero-order valence-corrected chi connectivity index (χ0v) is 31.3. The molecule has 0 spiro atoms. The third-order valence-electron chi connectivity index (χ3n) is 12.1. The van der Waals surface area contributed by atoms with Crippen molar-refractivity contribution < 1.29 is 4.74 Å². The predicted molar refractivity (Wildman–Crippen MR) is 220 cm³/mol. The second kappa shape index (κ2) is 10.7. The van der Waals surface area contributed by atoms with Crippen molar-refractivity contribution in [2.45, 2.75) is 55.2 Å². The number of aryl methyl sites for hydroxylation is 1. The Kier molecular flexibility index (Phi) is 6.22. The first-order valence-corrected chi connectivity index (χ1v) is 19.3. The fraction of sp³-hybridized carbons (Fsp3) is 0.143. The van der Waals surface area contributed by atoms with Gasteiger partial charge in [0.05, 0.1) is 22.7 Å². The molecule has 0 saturated heterocycles. The molecule has 256 valence electrons. The van der Waals surface area contributed by atoms with Crippen LogP contribution in [0.4, 0.5) is 34.1 Å². The quantitative estimate of drug-likeness (QED) is 0.178. The molecule has 4 aliphatic rings. The number of rotatable bonds is 2. The highest BCUT2D eigenvalue weighted by Gasteiger charge is 2.43. The summed E-state index contributed by atoms with van der Waals surface area (Å²) in [6, 6.07) is 51.3. The lowest BCUT2D eigenvalue weighted by Crippen LogP contribution is -2.19. The topological polar surface area (TPSA) is 15.7 Å². The van der Waals surface area contributed by atoms with Gasteiger partial charge in [-0.15, -0.1) is 0 Å². The van der Waals surface area contributed by atoms with E-state index >= 15 is 0 Å². The highest BCUT2D eigenvalue weighted by molar-refractivity contribution is 7.99. The monoisotopic (exact) mass is 702 g/mol. The number of ether oxygens (including phenoxy) is 1. The van der Waals surface area contributed by atoms with Crippen LogP contribution in [-0.2, 0) is 10.8 Å². The molecular weight excluding hydrogens is 665 g/mol. The third-order valence-corrected chi connectivity index (χ3v) is 13.2. The average Bonchev–Trinajstić information content (AvgIpc) is 3.53. The highest BCUT2D eigenvalue weighted by atomic mass is 32.2. The van der Waals surface area contributed by atoms with Gasteiger partial charge in [0, 0.05) is 32.0 Å². The first kappa shape index (κ1) is 30.9. The molecule has 7 aromatic rings. The van der Waals surface area contributed by atoms with Crippen molar-refractivity contribution in [2.75, 3.05) is 9.80 Å². The molecule has 0 N–H and O–H groups in total. The van der Waals surface area contributed by atoms with Crippen LogP contribution in [0.15, 0.2) is 149 Å². The summed E-state index contributed by atoms with van der Waals surface area (Å²) in [6.07, 6.45) is 0. The fourth-order valence-electron chi connectivity index (χ4n) is 9.49. The summed E-state index contributed by atoms with van der Waals surface area (Å²) >= 11 is 1.86. The van der Waals surface area contributed by atoms with Gasteiger partial charge in [-0.05, 0) is 142 Å². The minimum atomic E-state index is -0.180. The van der Waals surface area contributed by atoms with Crippen LogP contribution >= 0.6 is 11.8 Å². The summed E-state index contributed by atoms with van der Waals surface area (Å²) < 4.78 is 6.34. The second-order valence-electron chi connectivity index (χ2n) is 15.9. The summed E-state index contributed by atoms with van der Waals surface area (Å²) in [6.45, 7) is 11.9. The van der Waals surface area contributed by atoms with Crippen molar-refractivity contribution in [3.63, 3.8) is 0 Å². The van der Waals surface area contributed by atoms with E-state index in [1.54, 1.807) is 0 Å². The maximum Gasteiger partial charge on any atom is 0.151 e. The van der Waals surface area contributed by atoms with Gasteiger partial charge in [-0.3, -0.25) is 0 Å².